The molecule has 2 heteroatoms. The van der Waals surface area contributed by atoms with Gasteiger partial charge < -0.3 is 9.72 Å². The first kappa shape index (κ1) is 17.3. The Labute approximate surface area is 170 Å². The van der Waals surface area contributed by atoms with Crippen molar-refractivity contribution >= 4 is 10.9 Å². The summed E-state index contributed by atoms with van der Waals surface area (Å²) in [5.41, 5.74) is 7.04. The molecular weight excluding hydrogens is 354 g/mol. The topological polar surface area (TPSA) is 25.0 Å². The zero-order chi connectivity index (χ0) is 19.5. The van der Waals surface area contributed by atoms with Gasteiger partial charge in [-0.2, -0.15) is 0 Å². The van der Waals surface area contributed by atoms with E-state index in [1.165, 1.54) is 27.6 Å². The molecule has 0 atom stereocenters. The molecule has 0 aliphatic heterocycles. The van der Waals surface area contributed by atoms with Crippen LogP contribution in [-0.4, -0.2) is 4.98 Å². The lowest BCUT2D eigenvalue weighted by molar-refractivity contribution is 0.306. The van der Waals surface area contributed by atoms with Crippen LogP contribution in [0.4, 0.5) is 0 Å². The van der Waals surface area contributed by atoms with Crippen LogP contribution >= 0.6 is 0 Å². The lowest BCUT2D eigenvalue weighted by atomic mass is 9.98. The van der Waals surface area contributed by atoms with Gasteiger partial charge >= 0.3 is 0 Å². The van der Waals surface area contributed by atoms with E-state index in [0.29, 0.717) is 6.61 Å². The summed E-state index contributed by atoms with van der Waals surface area (Å²) in [7, 11) is 0. The minimum absolute atomic E-state index is 0.572. The lowest BCUT2D eigenvalue weighted by Gasteiger charge is -2.09. The maximum Gasteiger partial charge on any atom is 0.119 e. The standard InChI is InChI=1S/C27H21NO/c1-3-9-20(10-4-1)19-29-23-17-15-21(16-18-23)26-24-13-7-8-14-25(24)28-27(26)22-11-5-2-6-12-22/h1-18,28H,19H2. The number of para-hydroxylation sites is 1. The van der Waals surface area contributed by atoms with Crippen LogP contribution in [0.1, 0.15) is 5.56 Å². The number of aromatic nitrogens is 1. The van der Waals surface area contributed by atoms with Crippen molar-refractivity contribution in [2.75, 3.05) is 0 Å². The van der Waals surface area contributed by atoms with Crippen LogP contribution in [-0.2, 0) is 6.61 Å². The summed E-state index contributed by atoms with van der Waals surface area (Å²) in [6.07, 6.45) is 0. The van der Waals surface area contributed by atoms with E-state index in [1.54, 1.807) is 0 Å². The Morgan fingerprint density at radius 3 is 2.00 bits per heavy atom. The summed E-state index contributed by atoms with van der Waals surface area (Å²) in [5, 5.41) is 1.23. The van der Waals surface area contributed by atoms with Crippen molar-refractivity contribution in [1.29, 1.82) is 0 Å². The van der Waals surface area contributed by atoms with Crippen molar-refractivity contribution in [1.82, 2.24) is 4.98 Å². The average Bonchev–Trinajstić information content (AvgIpc) is 3.19. The Morgan fingerprint density at radius 2 is 1.24 bits per heavy atom. The Bertz CT molecular complexity index is 1220. The van der Waals surface area contributed by atoms with Crippen LogP contribution in [0.2, 0.25) is 0 Å². The van der Waals surface area contributed by atoms with Crippen LogP contribution in [0, 0.1) is 0 Å². The molecule has 1 N–H and O–H groups in total. The second-order valence-electron chi connectivity index (χ2n) is 7.09. The fourth-order valence-electron chi connectivity index (χ4n) is 3.72. The normalized spacial score (nSPS) is 10.9. The van der Waals surface area contributed by atoms with E-state index in [1.807, 2.05) is 24.3 Å². The molecule has 0 spiro atoms. The molecule has 0 aliphatic carbocycles. The highest BCUT2D eigenvalue weighted by molar-refractivity contribution is 6.03. The molecule has 29 heavy (non-hydrogen) atoms. The highest BCUT2D eigenvalue weighted by Crippen LogP contribution is 2.38. The van der Waals surface area contributed by atoms with Crippen molar-refractivity contribution < 1.29 is 4.74 Å². The largest absolute Gasteiger partial charge is 0.489 e. The number of hydrogen-bond donors (Lipinski definition) is 1. The molecular formula is C27H21NO. The smallest absolute Gasteiger partial charge is 0.119 e. The second-order valence-corrected chi connectivity index (χ2v) is 7.09. The van der Waals surface area contributed by atoms with Gasteiger partial charge in [-0.05, 0) is 34.9 Å². The first-order chi connectivity index (χ1) is 14.4. The predicted molar refractivity (Wildman–Crippen MR) is 120 cm³/mol. The first-order valence-corrected chi connectivity index (χ1v) is 9.82. The molecule has 0 saturated heterocycles. The summed E-state index contributed by atoms with van der Waals surface area (Å²) in [4.78, 5) is 3.61. The van der Waals surface area contributed by atoms with Gasteiger partial charge in [-0.1, -0.05) is 91.0 Å². The SMILES string of the molecule is c1ccc(COc2ccc(-c3c(-c4ccccc4)[nH]c4ccccc34)cc2)cc1. The minimum atomic E-state index is 0.572. The monoisotopic (exact) mass is 375 g/mol. The van der Waals surface area contributed by atoms with Gasteiger partial charge in [-0.25, -0.2) is 0 Å². The van der Waals surface area contributed by atoms with Crippen LogP contribution in [0.5, 0.6) is 5.75 Å². The van der Waals surface area contributed by atoms with Crippen molar-refractivity contribution in [3.63, 3.8) is 0 Å². The van der Waals surface area contributed by atoms with E-state index in [0.717, 1.165) is 17.0 Å². The van der Waals surface area contributed by atoms with E-state index >= 15 is 0 Å². The van der Waals surface area contributed by atoms with Crippen LogP contribution in [0.15, 0.2) is 109 Å². The molecule has 1 aromatic heterocycles. The quantitative estimate of drug-likeness (QED) is 0.349. The molecule has 4 aromatic carbocycles. The van der Waals surface area contributed by atoms with Gasteiger partial charge in [0.2, 0.25) is 0 Å². The Kier molecular flexibility index (Phi) is 4.59. The van der Waals surface area contributed by atoms with Gasteiger partial charge in [-0.3, -0.25) is 0 Å². The van der Waals surface area contributed by atoms with Crippen LogP contribution in [0.25, 0.3) is 33.3 Å². The zero-order valence-electron chi connectivity index (χ0n) is 16.0. The minimum Gasteiger partial charge on any atom is -0.489 e. The molecule has 0 unspecified atom stereocenters. The van der Waals surface area contributed by atoms with E-state index < -0.39 is 0 Å². The summed E-state index contributed by atoms with van der Waals surface area (Å²) in [5.74, 6) is 0.874. The third kappa shape index (κ3) is 3.53. The number of fused-ring (bicyclic) bond motifs is 1. The van der Waals surface area contributed by atoms with Gasteiger partial charge in [0.05, 0.1) is 5.69 Å². The molecule has 140 valence electrons. The fourth-order valence-corrected chi connectivity index (χ4v) is 3.72. The number of H-pyrrole nitrogens is 1. The summed E-state index contributed by atoms with van der Waals surface area (Å²) < 4.78 is 5.96. The first-order valence-electron chi connectivity index (χ1n) is 9.82. The maximum atomic E-state index is 5.96. The maximum absolute atomic E-state index is 5.96. The molecule has 5 aromatic rings. The predicted octanol–water partition coefficient (Wildman–Crippen LogP) is 7.08. The van der Waals surface area contributed by atoms with Crippen molar-refractivity contribution in [3.8, 4) is 28.1 Å². The van der Waals surface area contributed by atoms with E-state index in [4.69, 9.17) is 4.74 Å². The number of ether oxygens (including phenoxy) is 1. The number of hydrogen-bond acceptors (Lipinski definition) is 1. The van der Waals surface area contributed by atoms with Crippen LogP contribution in [0.3, 0.4) is 0 Å². The van der Waals surface area contributed by atoms with Gasteiger partial charge in [0.1, 0.15) is 12.4 Å². The van der Waals surface area contributed by atoms with E-state index in [2.05, 4.69) is 89.9 Å². The average molecular weight is 375 g/mol. The van der Waals surface area contributed by atoms with Gasteiger partial charge in [0.15, 0.2) is 0 Å². The molecule has 0 aliphatic rings. The third-order valence-corrected chi connectivity index (χ3v) is 5.16. The fraction of sp³-hybridized carbons (Fsp3) is 0.0370. The Hall–Kier alpha value is -3.78. The molecule has 0 saturated carbocycles. The Morgan fingerprint density at radius 1 is 0.586 bits per heavy atom. The molecule has 0 bridgehead atoms. The summed E-state index contributed by atoms with van der Waals surface area (Å²) in [6, 6.07) is 37.6. The number of aromatic amines is 1. The number of nitrogens with one attached hydrogen (secondary N) is 1. The molecule has 5 rings (SSSR count). The van der Waals surface area contributed by atoms with Crippen molar-refractivity contribution in [3.05, 3.63) is 115 Å². The molecule has 2 nitrogen and oxygen atoms in total. The van der Waals surface area contributed by atoms with Crippen LogP contribution < -0.4 is 4.74 Å². The van der Waals surface area contributed by atoms with Gasteiger partial charge in [-0.15, -0.1) is 0 Å². The zero-order valence-corrected chi connectivity index (χ0v) is 16.0. The highest BCUT2D eigenvalue weighted by atomic mass is 16.5. The third-order valence-electron chi connectivity index (χ3n) is 5.16. The summed E-state index contributed by atoms with van der Waals surface area (Å²) >= 11 is 0. The van der Waals surface area contributed by atoms with Crippen molar-refractivity contribution in [2.45, 2.75) is 6.61 Å². The number of rotatable bonds is 5. The molecule has 0 radical (unpaired) electrons. The molecule has 0 amide bonds. The highest BCUT2D eigenvalue weighted by Gasteiger charge is 2.14. The molecule has 1 heterocycles. The van der Waals surface area contributed by atoms with Gasteiger partial charge in [0, 0.05) is 16.5 Å². The van der Waals surface area contributed by atoms with Gasteiger partial charge in [0.25, 0.3) is 0 Å². The van der Waals surface area contributed by atoms with E-state index in [-0.39, 0.29) is 0 Å². The number of benzene rings is 4. The second kappa shape index (κ2) is 7.69. The Balaban J connectivity index is 1.50. The van der Waals surface area contributed by atoms with E-state index in [9.17, 15) is 0 Å². The summed E-state index contributed by atoms with van der Waals surface area (Å²) in [6.45, 7) is 0.572. The van der Waals surface area contributed by atoms with Crippen molar-refractivity contribution in [2.24, 2.45) is 0 Å². The molecule has 0 fully saturated rings. The lowest BCUT2D eigenvalue weighted by Crippen LogP contribution is -1.94.